The minimum atomic E-state index is -0.527. The van der Waals surface area contributed by atoms with Crippen LogP contribution in [0.15, 0.2) is 35.4 Å². The number of rotatable bonds is 5. The Morgan fingerprint density at radius 1 is 1.32 bits per heavy atom. The molecule has 0 radical (unpaired) electrons. The lowest BCUT2D eigenvalue weighted by molar-refractivity contribution is 0.0922. The summed E-state index contributed by atoms with van der Waals surface area (Å²) < 4.78 is 1.62. The van der Waals surface area contributed by atoms with Crippen LogP contribution in [0.25, 0.3) is 11.0 Å². The first-order valence-corrected chi connectivity index (χ1v) is 8.09. The molecule has 1 atom stereocenters. The van der Waals surface area contributed by atoms with Crippen molar-refractivity contribution in [1.29, 1.82) is 0 Å². The Labute approximate surface area is 144 Å². The first-order chi connectivity index (χ1) is 12.0. The van der Waals surface area contributed by atoms with Gasteiger partial charge >= 0.3 is 0 Å². The van der Waals surface area contributed by atoms with Crippen molar-refractivity contribution < 1.29 is 4.79 Å². The van der Waals surface area contributed by atoms with Gasteiger partial charge in [0, 0.05) is 7.05 Å². The third-order valence-electron chi connectivity index (χ3n) is 3.89. The molecule has 0 aliphatic heterocycles. The highest BCUT2D eigenvalue weighted by Gasteiger charge is 2.23. The van der Waals surface area contributed by atoms with Gasteiger partial charge in [-0.05, 0) is 24.5 Å². The van der Waals surface area contributed by atoms with Crippen LogP contribution < -0.4 is 10.9 Å². The molecule has 0 saturated heterocycles. The molecule has 2 N–H and O–H groups in total. The first-order valence-electron chi connectivity index (χ1n) is 8.09. The first kappa shape index (κ1) is 16.8. The van der Waals surface area contributed by atoms with E-state index in [1.54, 1.807) is 36.0 Å². The molecule has 0 aliphatic carbocycles. The molecule has 0 unspecified atom stereocenters. The second-order valence-electron chi connectivity index (χ2n) is 6.33. The van der Waals surface area contributed by atoms with Gasteiger partial charge in [0.25, 0.3) is 11.5 Å². The van der Waals surface area contributed by atoms with Gasteiger partial charge in [0.2, 0.25) is 0 Å². The maximum atomic E-state index is 12.7. The molecule has 8 nitrogen and oxygen atoms in total. The molecule has 0 saturated carbocycles. The normalized spacial score (nSPS) is 12.5. The summed E-state index contributed by atoms with van der Waals surface area (Å²) in [6.07, 6.45) is 2.11. The van der Waals surface area contributed by atoms with Crippen molar-refractivity contribution in [3.8, 4) is 0 Å². The third-order valence-corrected chi connectivity index (χ3v) is 3.89. The van der Waals surface area contributed by atoms with E-state index in [0.29, 0.717) is 29.2 Å². The fraction of sp³-hybridized carbons (Fsp3) is 0.353. The van der Waals surface area contributed by atoms with Gasteiger partial charge in [0.15, 0.2) is 5.69 Å². The predicted molar refractivity (Wildman–Crippen MR) is 93.0 cm³/mol. The van der Waals surface area contributed by atoms with Gasteiger partial charge in [-0.15, -0.1) is 0 Å². The highest BCUT2D eigenvalue weighted by Crippen LogP contribution is 2.19. The van der Waals surface area contributed by atoms with Crippen LogP contribution in [-0.4, -0.2) is 30.6 Å². The molecule has 0 bridgehead atoms. The number of aromatic amines is 1. The number of nitrogens with one attached hydrogen (secondary N) is 2. The number of nitrogens with zero attached hydrogens (tertiary/aromatic N) is 4. The van der Waals surface area contributed by atoms with Gasteiger partial charge in [-0.2, -0.15) is 5.10 Å². The lowest BCUT2D eigenvalue weighted by Crippen LogP contribution is -2.35. The average Bonchev–Trinajstić information content (AvgIpc) is 2.99. The van der Waals surface area contributed by atoms with E-state index in [4.69, 9.17) is 0 Å². The van der Waals surface area contributed by atoms with Crippen LogP contribution in [0, 0.1) is 5.92 Å². The Morgan fingerprint density at radius 3 is 2.76 bits per heavy atom. The molecule has 130 valence electrons. The summed E-state index contributed by atoms with van der Waals surface area (Å²) >= 11 is 0. The summed E-state index contributed by atoms with van der Waals surface area (Å²) in [5.41, 5.74) is 0.481. The van der Waals surface area contributed by atoms with Gasteiger partial charge in [-0.25, -0.2) is 9.97 Å². The van der Waals surface area contributed by atoms with E-state index in [0.717, 1.165) is 0 Å². The second-order valence-corrected chi connectivity index (χ2v) is 6.33. The topological polar surface area (TPSA) is 106 Å². The second kappa shape index (κ2) is 6.84. The Kier molecular flexibility index (Phi) is 4.60. The van der Waals surface area contributed by atoms with E-state index in [1.807, 2.05) is 0 Å². The number of benzene rings is 1. The van der Waals surface area contributed by atoms with Gasteiger partial charge in [-0.1, -0.05) is 26.0 Å². The van der Waals surface area contributed by atoms with Gasteiger partial charge in [0.05, 0.1) is 17.1 Å². The standard InChI is InChI=1S/C17H20N6O2/c1-10(2)8-13(15-18-9-19-23(15)3)22-17(25)14-16(24)21-12-7-5-4-6-11(12)20-14/h4-7,9-10,13H,8H2,1-3H3,(H,21,24)(H,22,25)/t13-/m0/s1. The highest BCUT2D eigenvalue weighted by atomic mass is 16.2. The van der Waals surface area contributed by atoms with Crippen LogP contribution in [0.4, 0.5) is 0 Å². The number of fused-ring (bicyclic) bond motifs is 1. The quantitative estimate of drug-likeness (QED) is 0.733. The highest BCUT2D eigenvalue weighted by molar-refractivity contribution is 5.93. The molecule has 2 heterocycles. The molecule has 0 spiro atoms. The zero-order valence-corrected chi connectivity index (χ0v) is 14.4. The molecule has 0 aliphatic rings. The summed E-state index contributed by atoms with van der Waals surface area (Å²) in [7, 11) is 1.77. The average molecular weight is 340 g/mol. The van der Waals surface area contributed by atoms with Crippen molar-refractivity contribution in [2.45, 2.75) is 26.3 Å². The van der Waals surface area contributed by atoms with E-state index in [-0.39, 0.29) is 11.7 Å². The number of aryl methyl sites for hydroxylation is 1. The Balaban J connectivity index is 1.92. The van der Waals surface area contributed by atoms with E-state index in [9.17, 15) is 9.59 Å². The molecule has 0 fully saturated rings. The van der Waals surface area contributed by atoms with E-state index >= 15 is 0 Å². The van der Waals surface area contributed by atoms with E-state index in [1.165, 1.54) is 6.33 Å². The van der Waals surface area contributed by atoms with Crippen molar-refractivity contribution in [2.75, 3.05) is 0 Å². The lowest BCUT2D eigenvalue weighted by atomic mass is 10.0. The van der Waals surface area contributed by atoms with Crippen LogP contribution in [-0.2, 0) is 7.05 Å². The molecule has 3 aromatic rings. The number of hydrogen-bond acceptors (Lipinski definition) is 5. The Hall–Kier alpha value is -3.03. The number of para-hydroxylation sites is 2. The zero-order chi connectivity index (χ0) is 18.0. The van der Waals surface area contributed by atoms with Crippen LogP contribution in [0.2, 0.25) is 0 Å². The number of amides is 1. The van der Waals surface area contributed by atoms with Gasteiger partial charge in [-0.3, -0.25) is 14.3 Å². The summed E-state index contributed by atoms with van der Waals surface area (Å²) in [4.78, 5) is 36.0. The minimum absolute atomic E-state index is 0.158. The fourth-order valence-electron chi connectivity index (χ4n) is 2.73. The molecular weight excluding hydrogens is 320 g/mol. The summed E-state index contributed by atoms with van der Waals surface area (Å²) in [5, 5.41) is 6.92. The van der Waals surface area contributed by atoms with E-state index < -0.39 is 11.5 Å². The number of H-pyrrole nitrogens is 1. The lowest BCUT2D eigenvalue weighted by Gasteiger charge is -2.19. The molecule has 25 heavy (non-hydrogen) atoms. The van der Waals surface area contributed by atoms with Crippen molar-refractivity contribution >= 4 is 16.9 Å². The van der Waals surface area contributed by atoms with E-state index in [2.05, 4.69) is 39.2 Å². The van der Waals surface area contributed by atoms with Gasteiger partial charge < -0.3 is 10.3 Å². The largest absolute Gasteiger partial charge is 0.340 e. The molecule has 3 rings (SSSR count). The van der Waals surface area contributed by atoms with Crippen LogP contribution in [0.1, 0.15) is 42.6 Å². The summed E-state index contributed by atoms with van der Waals surface area (Å²) in [5.74, 6) is 0.435. The van der Waals surface area contributed by atoms with Crippen molar-refractivity contribution in [3.05, 3.63) is 52.5 Å². The Bertz CT molecular complexity index is 959. The van der Waals surface area contributed by atoms with Crippen LogP contribution in [0.5, 0.6) is 0 Å². The van der Waals surface area contributed by atoms with Crippen LogP contribution in [0.3, 0.4) is 0 Å². The minimum Gasteiger partial charge on any atom is -0.340 e. The van der Waals surface area contributed by atoms with Crippen molar-refractivity contribution in [2.24, 2.45) is 13.0 Å². The molecule has 1 aromatic carbocycles. The van der Waals surface area contributed by atoms with Crippen LogP contribution >= 0.6 is 0 Å². The smallest absolute Gasteiger partial charge is 0.280 e. The maximum Gasteiger partial charge on any atom is 0.280 e. The molecule has 1 amide bonds. The summed E-state index contributed by atoms with van der Waals surface area (Å²) in [6, 6.07) is 6.74. The Morgan fingerprint density at radius 2 is 2.08 bits per heavy atom. The SMILES string of the molecule is CC(C)C[C@H](NC(=O)c1nc2ccccc2[nH]c1=O)c1ncnn1C. The third kappa shape index (κ3) is 3.57. The predicted octanol–water partition coefficient (Wildman–Crippen LogP) is 1.57. The van der Waals surface area contributed by atoms with Crippen molar-refractivity contribution in [3.63, 3.8) is 0 Å². The van der Waals surface area contributed by atoms with Gasteiger partial charge in [0.1, 0.15) is 12.2 Å². The number of carbonyl (C=O) groups is 1. The fourth-order valence-corrected chi connectivity index (χ4v) is 2.73. The molecular formula is C17H20N6O2. The monoisotopic (exact) mass is 340 g/mol. The number of hydrogen-bond donors (Lipinski definition) is 2. The number of aromatic nitrogens is 5. The maximum absolute atomic E-state index is 12.7. The molecule has 8 heteroatoms. The van der Waals surface area contributed by atoms with Crippen molar-refractivity contribution in [1.82, 2.24) is 30.0 Å². The summed E-state index contributed by atoms with van der Waals surface area (Å²) in [6.45, 7) is 4.10. The number of carbonyl (C=O) groups excluding carboxylic acids is 1. The molecule has 2 aromatic heterocycles. The zero-order valence-electron chi connectivity index (χ0n) is 14.4.